The second kappa shape index (κ2) is 6.25. The van der Waals surface area contributed by atoms with Crippen molar-refractivity contribution in [1.82, 2.24) is 4.90 Å². The van der Waals surface area contributed by atoms with Crippen LogP contribution in [0.25, 0.3) is 0 Å². The molecule has 0 aliphatic carbocycles. The van der Waals surface area contributed by atoms with E-state index in [1.807, 2.05) is 38.1 Å². The number of amides is 1. The van der Waals surface area contributed by atoms with Crippen LogP contribution in [0.4, 0.5) is 0 Å². The van der Waals surface area contributed by atoms with Crippen molar-refractivity contribution in [3.63, 3.8) is 0 Å². The summed E-state index contributed by atoms with van der Waals surface area (Å²) in [6, 6.07) is 7.47. The van der Waals surface area contributed by atoms with Gasteiger partial charge in [0.2, 0.25) is 0 Å². The van der Waals surface area contributed by atoms with Crippen LogP contribution in [0.3, 0.4) is 0 Å². The number of nitrogens with zero attached hydrogens (tertiary/aromatic N) is 1. The molecule has 0 aliphatic heterocycles. The van der Waals surface area contributed by atoms with Gasteiger partial charge in [-0.15, -0.1) is 0 Å². The number of rotatable bonds is 5. The molecule has 2 N–H and O–H groups in total. The van der Waals surface area contributed by atoms with Gasteiger partial charge in [0.25, 0.3) is 5.91 Å². The highest BCUT2D eigenvalue weighted by Crippen LogP contribution is 2.17. The van der Waals surface area contributed by atoms with E-state index in [4.69, 9.17) is 10.5 Å². The summed E-state index contributed by atoms with van der Waals surface area (Å²) < 4.78 is 5.43. The van der Waals surface area contributed by atoms with Gasteiger partial charge in [0.1, 0.15) is 5.75 Å². The van der Waals surface area contributed by atoms with Crippen molar-refractivity contribution in [2.24, 2.45) is 5.73 Å². The second-order valence-electron chi connectivity index (χ2n) is 4.06. The van der Waals surface area contributed by atoms with E-state index < -0.39 is 0 Å². The van der Waals surface area contributed by atoms with E-state index in [2.05, 4.69) is 0 Å². The van der Waals surface area contributed by atoms with Gasteiger partial charge in [-0.2, -0.15) is 0 Å². The van der Waals surface area contributed by atoms with Gasteiger partial charge in [-0.05, 0) is 31.5 Å². The highest BCUT2D eigenvalue weighted by atomic mass is 16.5. The zero-order chi connectivity index (χ0) is 12.8. The first-order chi connectivity index (χ1) is 8.04. The molecule has 1 rings (SSSR count). The third-order valence-corrected chi connectivity index (χ3v) is 2.65. The largest absolute Gasteiger partial charge is 0.484 e. The van der Waals surface area contributed by atoms with Crippen LogP contribution in [0.15, 0.2) is 24.3 Å². The molecule has 1 atom stereocenters. The number of benzene rings is 1. The smallest absolute Gasteiger partial charge is 0.260 e. The molecule has 0 saturated heterocycles. The van der Waals surface area contributed by atoms with Crippen LogP contribution in [-0.4, -0.2) is 31.0 Å². The van der Waals surface area contributed by atoms with Crippen molar-refractivity contribution in [3.05, 3.63) is 29.8 Å². The lowest BCUT2D eigenvalue weighted by molar-refractivity contribution is -0.131. The number of hydrogen-bond acceptors (Lipinski definition) is 3. The van der Waals surface area contributed by atoms with Gasteiger partial charge in [0, 0.05) is 19.6 Å². The van der Waals surface area contributed by atoms with Crippen LogP contribution in [0, 0.1) is 0 Å². The molecule has 0 bridgehead atoms. The molecule has 0 aliphatic rings. The van der Waals surface area contributed by atoms with Gasteiger partial charge in [-0.3, -0.25) is 4.79 Å². The van der Waals surface area contributed by atoms with Crippen LogP contribution < -0.4 is 10.5 Å². The summed E-state index contributed by atoms with van der Waals surface area (Å²) in [7, 11) is 1.75. The summed E-state index contributed by atoms with van der Waals surface area (Å²) in [4.78, 5) is 13.2. The third kappa shape index (κ3) is 4.07. The Kier molecular flexibility index (Phi) is 4.97. The molecular weight excluding hydrogens is 216 g/mol. The maximum atomic E-state index is 11.5. The SMILES string of the molecule is CCN(C)C(=O)COc1cccc(C(C)N)c1. The first kappa shape index (κ1) is 13.5. The van der Waals surface area contributed by atoms with E-state index >= 15 is 0 Å². The molecule has 4 heteroatoms. The van der Waals surface area contributed by atoms with Crippen molar-refractivity contribution in [1.29, 1.82) is 0 Å². The van der Waals surface area contributed by atoms with Crippen molar-refractivity contribution in [2.75, 3.05) is 20.2 Å². The summed E-state index contributed by atoms with van der Waals surface area (Å²) in [5.41, 5.74) is 6.78. The predicted octanol–water partition coefficient (Wildman–Crippen LogP) is 1.56. The topological polar surface area (TPSA) is 55.6 Å². The summed E-state index contributed by atoms with van der Waals surface area (Å²) in [6.07, 6.45) is 0. The van der Waals surface area contributed by atoms with Crippen LogP contribution in [0.2, 0.25) is 0 Å². The monoisotopic (exact) mass is 236 g/mol. The first-order valence-electron chi connectivity index (χ1n) is 5.77. The fraction of sp³-hybridized carbons (Fsp3) is 0.462. The fourth-order valence-corrected chi connectivity index (χ4v) is 1.32. The molecule has 0 saturated carbocycles. The van der Waals surface area contributed by atoms with Gasteiger partial charge in [0.15, 0.2) is 6.61 Å². The van der Waals surface area contributed by atoms with E-state index in [1.165, 1.54) is 0 Å². The van der Waals surface area contributed by atoms with Gasteiger partial charge in [0.05, 0.1) is 0 Å². The second-order valence-corrected chi connectivity index (χ2v) is 4.06. The van der Waals surface area contributed by atoms with E-state index in [1.54, 1.807) is 11.9 Å². The Morgan fingerprint density at radius 1 is 1.53 bits per heavy atom. The Bertz CT molecular complexity index is 377. The van der Waals surface area contributed by atoms with Crippen molar-refractivity contribution in [3.8, 4) is 5.75 Å². The molecule has 94 valence electrons. The zero-order valence-corrected chi connectivity index (χ0v) is 10.6. The van der Waals surface area contributed by atoms with Crippen molar-refractivity contribution >= 4 is 5.91 Å². The van der Waals surface area contributed by atoms with Gasteiger partial charge in [-0.1, -0.05) is 12.1 Å². The molecule has 17 heavy (non-hydrogen) atoms. The highest BCUT2D eigenvalue weighted by Gasteiger charge is 2.08. The Labute approximate surface area is 102 Å². The zero-order valence-electron chi connectivity index (χ0n) is 10.6. The van der Waals surface area contributed by atoms with Gasteiger partial charge < -0.3 is 15.4 Å². The summed E-state index contributed by atoms with van der Waals surface area (Å²) in [6.45, 7) is 4.58. The standard InChI is InChI=1S/C13H20N2O2/c1-4-15(3)13(16)9-17-12-7-5-6-11(8-12)10(2)14/h5-8,10H,4,9,14H2,1-3H3. The Hall–Kier alpha value is -1.55. The van der Waals surface area contributed by atoms with Crippen LogP contribution >= 0.6 is 0 Å². The van der Waals surface area contributed by atoms with Crippen LogP contribution in [-0.2, 0) is 4.79 Å². The van der Waals surface area contributed by atoms with Gasteiger partial charge >= 0.3 is 0 Å². The summed E-state index contributed by atoms with van der Waals surface area (Å²) in [5.74, 6) is 0.649. The fourth-order valence-electron chi connectivity index (χ4n) is 1.32. The number of carbonyl (C=O) groups excluding carboxylic acids is 1. The number of likely N-dealkylation sites (N-methyl/N-ethyl adjacent to an activating group) is 1. The lowest BCUT2D eigenvalue weighted by atomic mass is 10.1. The summed E-state index contributed by atoms with van der Waals surface area (Å²) in [5, 5.41) is 0. The van der Waals surface area contributed by atoms with Crippen molar-refractivity contribution < 1.29 is 9.53 Å². The average molecular weight is 236 g/mol. The van der Waals surface area contributed by atoms with E-state index in [-0.39, 0.29) is 18.6 Å². The molecule has 0 spiro atoms. The number of carbonyl (C=O) groups is 1. The number of ether oxygens (including phenoxy) is 1. The average Bonchev–Trinajstić information content (AvgIpc) is 2.35. The quantitative estimate of drug-likeness (QED) is 0.844. The van der Waals surface area contributed by atoms with E-state index in [0.717, 1.165) is 5.56 Å². The highest BCUT2D eigenvalue weighted by molar-refractivity contribution is 5.77. The molecule has 1 unspecified atom stereocenters. The molecule has 0 radical (unpaired) electrons. The maximum absolute atomic E-state index is 11.5. The normalized spacial score (nSPS) is 12.0. The molecule has 1 amide bonds. The predicted molar refractivity (Wildman–Crippen MR) is 67.9 cm³/mol. The minimum atomic E-state index is -0.0347. The van der Waals surface area contributed by atoms with Crippen LogP contribution in [0.5, 0.6) is 5.75 Å². The van der Waals surface area contributed by atoms with Crippen LogP contribution in [0.1, 0.15) is 25.5 Å². The lowest BCUT2D eigenvalue weighted by Crippen LogP contribution is -2.31. The molecule has 0 heterocycles. The molecule has 0 fully saturated rings. The minimum absolute atomic E-state index is 0.0290. The Morgan fingerprint density at radius 2 is 2.24 bits per heavy atom. The molecule has 1 aromatic carbocycles. The lowest BCUT2D eigenvalue weighted by Gasteiger charge is -2.15. The molecule has 4 nitrogen and oxygen atoms in total. The summed E-state index contributed by atoms with van der Waals surface area (Å²) >= 11 is 0. The molecule has 1 aromatic rings. The number of nitrogens with two attached hydrogens (primary N) is 1. The van der Waals surface area contributed by atoms with E-state index in [9.17, 15) is 4.79 Å². The Morgan fingerprint density at radius 3 is 2.82 bits per heavy atom. The van der Waals surface area contributed by atoms with Crippen molar-refractivity contribution in [2.45, 2.75) is 19.9 Å². The Balaban J connectivity index is 2.57. The minimum Gasteiger partial charge on any atom is -0.484 e. The number of hydrogen-bond donors (Lipinski definition) is 1. The van der Waals surface area contributed by atoms with Gasteiger partial charge in [-0.25, -0.2) is 0 Å². The van der Waals surface area contributed by atoms with E-state index in [0.29, 0.717) is 12.3 Å². The maximum Gasteiger partial charge on any atom is 0.260 e. The third-order valence-electron chi connectivity index (χ3n) is 2.65. The molecular formula is C13H20N2O2. The first-order valence-corrected chi connectivity index (χ1v) is 5.77. The molecule has 0 aromatic heterocycles.